The van der Waals surface area contributed by atoms with E-state index in [-0.39, 0.29) is 22.3 Å². The molecular weight excluding hydrogens is 514 g/mol. The summed E-state index contributed by atoms with van der Waals surface area (Å²) < 4.78 is 0. The molecule has 0 aromatic heterocycles. The van der Waals surface area contributed by atoms with Crippen LogP contribution in [0.1, 0.15) is 38.1 Å². The summed E-state index contributed by atoms with van der Waals surface area (Å²) in [5.41, 5.74) is 6.35. The van der Waals surface area contributed by atoms with Crippen LogP contribution in [0, 0.1) is 0 Å². The van der Waals surface area contributed by atoms with Gasteiger partial charge in [0.2, 0.25) is 0 Å². The zero-order chi connectivity index (χ0) is 24.9. The molecule has 7 heteroatoms. The number of aliphatic imine (C=N–C) groups is 2. The Bertz CT molecular complexity index is 1400. The predicted molar refractivity (Wildman–Crippen MR) is 147 cm³/mol. The van der Waals surface area contributed by atoms with Crippen LogP contribution in [0.3, 0.4) is 0 Å². The van der Waals surface area contributed by atoms with Crippen LogP contribution in [0.25, 0.3) is 10.6 Å². The summed E-state index contributed by atoms with van der Waals surface area (Å²) in [4.78, 5) is 23.3. The molecule has 184 valence electrons. The van der Waals surface area contributed by atoms with Gasteiger partial charge in [-0.05, 0) is 50.2 Å². The summed E-state index contributed by atoms with van der Waals surface area (Å²) in [6.07, 6.45) is 1.92. The number of para-hydroxylation sites is 4. The number of Topliss-reactive ketones (excluding diaryl/α,β-unsaturated/α-hetero) is 1. The van der Waals surface area contributed by atoms with Gasteiger partial charge in [-0.3, -0.25) is 14.8 Å². The summed E-state index contributed by atoms with van der Waals surface area (Å²) in [5.74, 6) is -0.182. The van der Waals surface area contributed by atoms with Gasteiger partial charge in [0, 0.05) is 39.0 Å². The Labute approximate surface area is 227 Å². The molecule has 3 aromatic carbocycles. The van der Waals surface area contributed by atoms with Gasteiger partial charge in [0.15, 0.2) is 5.78 Å². The summed E-state index contributed by atoms with van der Waals surface area (Å²) in [7, 11) is 0. The van der Waals surface area contributed by atoms with Gasteiger partial charge in [-0.1, -0.05) is 67.9 Å². The molecule has 0 radical (unpaired) electrons. The van der Waals surface area contributed by atoms with Gasteiger partial charge < -0.3 is 10.6 Å². The molecule has 0 amide bonds. The van der Waals surface area contributed by atoms with Crippen molar-refractivity contribution in [3.8, 4) is 0 Å². The van der Waals surface area contributed by atoms with Crippen molar-refractivity contribution in [2.24, 2.45) is 9.98 Å². The van der Waals surface area contributed by atoms with E-state index in [1.807, 2.05) is 82.3 Å². The maximum Gasteiger partial charge on any atom is 2.00 e. The minimum atomic E-state index is -0.182. The van der Waals surface area contributed by atoms with Crippen molar-refractivity contribution in [3.63, 3.8) is 0 Å². The topological polar surface area (TPSA) is 70.0 Å². The van der Waals surface area contributed by atoms with E-state index in [2.05, 4.69) is 0 Å². The standard InChI is InChI=1S/C29H26ClN4O.Ni/c1-18-17-19(2)32-25-10-6-8-12-27(25)34-21(4)28(29(35)22-13-15-23(30)16-14-22)20(3)33-26-11-7-5-9-24(26)31-18;/h5-17H,1-4H3,(H-,31,32,33,34,35);/q-1;+2/p-1. The van der Waals surface area contributed by atoms with E-state index >= 15 is 0 Å². The fourth-order valence-corrected chi connectivity index (χ4v) is 3.99. The first kappa shape index (κ1) is 27.1. The van der Waals surface area contributed by atoms with Crippen molar-refractivity contribution in [1.29, 1.82) is 0 Å². The van der Waals surface area contributed by atoms with Crippen molar-refractivity contribution < 1.29 is 21.3 Å². The third-order valence-electron chi connectivity index (χ3n) is 5.41. The van der Waals surface area contributed by atoms with Gasteiger partial charge in [-0.25, -0.2) is 0 Å². The Balaban J connectivity index is 0.00000361. The van der Waals surface area contributed by atoms with E-state index in [0.29, 0.717) is 50.3 Å². The summed E-state index contributed by atoms with van der Waals surface area (Å²) in [6.45, 7) is 7.49. The second-order valence-corrected chi connectivity index (χ2v) is 8.67. The number of fused-ring (bicyclic) bond motifs is 2. The number of halogens is 1. The quantitative estimate of drug-likeness (QED) is 0.236. The summed E-state index contributed by atoms with van der Waals surface area (Å²) in [5, 5.41) is 10.2. The third-order valence-corrected chi connectivity index (χ3v) is 5.66. The molecule has 0 aliphatic carbocycles. The molecule has 3 aromatic rings. The molecule has 0 spiro atoms. The smallest absolute Gasteiger partial charge is 0.660 e. The summed E-state index contributed by atoms with van der Waals surface area (Å²) >= 11 is 6.05. The zero-order valence-corrected chi connectivity index (χ0v) is 22.1. The van der Waals surface area contributed by atoms with Gasteiger partial charge in [0.25, 0.3) is 0 Å². The number of hydrogen-bond acceptors (Lipinski definition) is 3. The molecule has 0 fully saturated rings. The van der Waals surface area contributed by atoms with Crippen LogP contribution >= 0.6 is 11.6 Å². The number of allylic oxidation sites excluding steroid dienone is 4. The maximum atomic E-state index is 13.7. The average Bonchev–Trinajstić information content (AvgIpc) is 2.81. The number of carbonyl (C=O) groups is 1. The minimum Gasteiger partial charge on any atom is -0.660 e. The van der Waals surface area contributed by atoms with Gasteiger partial charge >= 0.3 is 16.5 Å². The molecule has 5 nitrogen and oxygen atoms in total. The van der Waals surface area contributed by atoms with Crippen LogP contribution < -0.4 is 0 Å². The molecule has 1 aliphatic rings. The fraction of sp³-hybridized carbons (Fsp3) is 0.138. The molecule has 0 bridgehead atoms. The molecule has 0 unspecified atom stereocenters. The van der Waals surface area contributed by atoms with Crippen LogP contribution in [0.4, 0.5) is 22.7 Å². The predicted octanol–water partition coefficient (Wildman–Crippen LogP) is 9.31. The molecule has 4 rings (SSSR count). The Kier molecular flexibility index (Phi) is 9.03. The maximum absolute atomic E-state index is 13.7. The normalized spacial score (nSPS) is 17.3. The van der Waals surface area contributed by atoms with E-state index in [0.717, 1.165) is 11.4 Å². The average molecular weight is 540 g/mol. The Morgan fingerprint density at radius 1 is 0.750 bits per heavy atom. The van der Waals surface area contributed by atoms with Gasteiger partial charge in [0.05, 0.1) is 0 Å². The van der Waals surface area contributed by atoms with Crippen LogP contribution in [0.2, 0.25) is 5.02 Å². The molecule has 0 N–H and O–H groups in total. The third kappa shape index (κ3) is 6.39. The fourth-order valence-electron chi connectivity index (χ4n) is 3.86. The number of ketones is 1. The van der Waals surface area contributed by atoms with E-state index in [1.165, 1.54) is 0 Å². The molecule has 36 heavy (non-hydrogen) atoms. The molecule has 0 saturated heterocycles. The first-order chi connectivity index (χ1) is 16.8. The van der Waals surface area contributed by atoms with E-state index in [9.17, 15) is 4.79 Å². The van der Waals surface area contributed by atoms with E-state index in [4.69, 9.17) is 32.2 Å². The van der Waals surface area contributed by atoms with Crippen molar-refractivity contribution in [2.45, 2.75) is 27.7 Å². The Morgan fingerprint density at radius 2 is 1.31 bits per heavy atom. The first-order valence-corrected chi connectivity index (χ1v) is 11.6. The number of carbonyl (C=O) groups excluding carboxylic acids is 1. The van der Waals surface area contributed by atoms with Crippen LogP contribution in [-0.4, -0.2) is 17.2 Å². The van der Waals surface area contributed by atoms with Crippen molar-refractivity contribution in [1.82, 2.24) is 0 Å². The number of rotatable bonds is 2. The van der Waals surface area contributed by atoms with Gasteiger partial charge in [0.1, 0.15) is 0 Å². The van der Waals surface area contributed by atoms with Crippen molar-refractivity contribution in [2.75, 3.05) is 0 Å². The number of benzene rings is 3. The number of nitrogens with zero attached hydrogens (tertiary/aromatic N) is 4. The number of hydrogen-bond donors (Lipinski definition) is 0. The monoisotopic (exact) mass is 538 g/mol. The second kappa shape index (κ2) is 12.0. The Hall–Kier alpha value is -3.47. The molecule has 0 atom stereocenters. The van der Waals surface area contributed by atoms with Crippen molar-refractivity contribution in [3.05, 3.63) is 117 Å². The molecule has 0 saturated carbocycles. The first-order valence-electron chi connectivity index (χ1n) is 11.2. The van der Waals surface area contributed by atoms with E-state index < -0.39 is 0 Å². The molecule has 1 heterocycles. The molecular formula is C29H25ClN4NiO. The van der Waals surface area contributed by atoms with Crippen LogP contribution in [0.15, 0.2) is 106 Å². The van der Waals surface area contributed by atoms with Gasteiger partial charge in [-0.2, -0.15) is 5.70 Å². The summed E-state index contributed by atoms with van der Waals surface area (Å²) in [6, 6.07) is 22.0. The largest absolute Gasteiger partial charge is 2.00 e. The second-order valence-electron chi connectivity index (χ2n) is 8.23. The molecule has 1 aliphatic heterocycles. The van der Waals surface area contributed by atoms with E-state index in [1.54, 1.807) is 24.3 Å². The van der Waals surface area contributed by atoms with Crippen molar-refractivity contribution >= 4 is 51.6 Å². The zero-order valence-electron chi connectivity index (χ0n) is 20.4. The van der Waals surface area contributed by atoms with Crippen LogP contribution in [0.5, 0.6) is 0 Å². The Morgan fingerprint density at radius 3 is 1.94 bits per heavy atom. The van der Waals surface area contributed by atoms with Gasteiger partial charge in [-0.15, -0.1) is 17.1 Å². The van der Waals surface area contributed by atoms with Crippen LogP contribution in [-0.2, 0) is 16.5 Å². The minimum absolute atomic E-state index is 0. The SMILES string of the molecule is CC1=Nc2ccccc2[N-]/C(C)=C(/C(=O)c2ccc(Cl)cc2)C(C)=Nc2ccccc2[N-]/C(C)=C\1.[Ni+2].